The second-order valence-corrected chi connectivity index (χ2v) is 6.18. The highest BCUT2D eigenvalue weighted by molar-refractivity contribution is 5.88. The first kappa shape index (κ1) is 22.4. The van der Waals surface area contributed by atoms with Gasteiger partial charge in [0.25, 0.3) is 0 Å². The zero-order chi connectivity index (χ0) is 21.9. The molecule has 0 aliphatic carbocycles. The van der Waals surface area contributed by atoms with Crippen molar-refractivity contribution in [2.24, 2.45) is 0 Å². The number of hydrogen-bond donors (Lipinski definition) is 0. The van der Waals surface area contributed by atoms with E-state index in [4.69, 9.17) is 4.74 Å². The SMILES string of the molecule is CCOC(=O)/C=C\c1c(F)c(-c2c(C)ccc(OC)c2C)cc(C(F)(F)F)c1F. The molecule has 0 aromatic heterocycles. The van der Waals surface area contributed by atoms with Crippen molar-refractivity contribution in [1.29, 1.82) is 0 Å². The number of aryl methyl sites for hydroxylation is 1. The van der Waals surface area contributed by atoms with Crippen LogP contribution >= 0.6 is 0 Å². The average molecular weight is 414 g/mol. The van der Waals surface area contributed by atoms with Gasteiger partial charge >= 0.3 is 12.1 Å². The number of benzene rings is 2. The van der Waals surface area contributed by atoms with Crippen molar-refractivity contribution in [2.75, 3.05) is 13.7 Å². The van der Waals surface area contributed by atoms with Crippen LogP contribution in [0.3, 0.4) is 0 Å². The van der Waals surface area contributed by atoms with Gasteiger partial charge in [-0.1, -0.05) is 6.07 Å². The Labute approximate surface area is 164 Å². The van der Waals surface area contributed by atoms with Gasteiger partial charge in [-0.2, -0.15) is 13.2 Å². The zero-order valence-electron chi connectivity index (χ0n) is 16.2. The maximum Gasteiger partial charge on any atom is 0.419 e. The quantitative estimate of drug-likeness (QED) is 0.350. The number of rotatable bonds is 5. The van der Waals surface area contributed by atoms with Gasteiger partial charge < -0.3 is 9.47 Å². The molecule has 0 radical (unpaired) electrons. The third-order valence-electron chi connectivity index (χ3n) is 4.33. The minimum absolute atomic E-state index is 0.00414. The summed E-state index contributed by atoms with van der Waals surface area (Å²) in [7, 11) is 1.37. The fraction of sp³-hybridized carbons (Fsp3) is 0.286. The van der Waals surface area contributed by atoms with Gasteiger partial charge in [0.05, 0.1) is 19.3 Å². The van der Waals surface area contributed by atoms with Crippen LogP contribution in [0.5, 0.6) is 5.75 Å². The molecule has 2 aromatic carbocycles. The molecule has 0 aliphatic heterocycles. The zero-order valence-corrected chi connectivity index (χ0v) is 16.2. The van der Waals surface area contributed by atoms with E-state index < -0.39 is 40.5 Å². The Balaban J connectivity index is 2.85. The molecular weight excluding hydrogens is 395 g/mol. The third kappa shape index (κ3) is 4.58. The van der Waals surface area contributed by atoms with Crippen molar-refractivity contribution < 1.29 is 36.2 Å². The molecule has 0 heterocycles. The number of carbonyl (C=O) groups is 1. The van der Waals surface area contributed by atoms with Crippen LogP contribution in [0.25, 0.3) is 17.2 Å². The fourth-order valence-corrected chi connectivity index (χ4v) is 3.00. The summed E-state index contributed by atoms with van der Waals surface area (Å²) in [6.45, 7) is 4.67. The van der Waals surface area contributed by atoms with Gasteiger partial charge in [-0.25, -0.2) is 13.6 Å². The molecule has 0 aliphatic rings. The molecule has 0 N–H and O–H groups in total. The predicted octanol–water partition coefficient (Wildman–Crippen LogP) is 5.85. The molecule has 2 rings (SSSR count). The first-order valence-corrected chi connectivity index (χ1v) is 8.61. The summed E-state index contributed by atoms with van der Waals surface area (Å²) in [5.41, 5.74) is -2.05. The van der Waals surface area contributed by atoms with Gasteiger partial charge in [0.2, 0.25) is 0 Å². The highest BCUT2D eigenvalue weighted by atomic mass is 19.4. The van der Waals surface area contributed by atoms with Crippen LogP contribution in [0.4, 0.5) is 22.0 Å². The Bertz CT molecular complexity index is 962. The first-order valence-electron chi connectivity index (χ1n) is 8.61. The second-order valence-electron chi connectivity index (χ2n) is 6.18. The van der Waals surface area contributed by atoms with E-state index in [0.717, 1.165) is 0 Å². The topological polar surface area (TPSA) is 35.5 Å². The van der Waals surface area contributed by atoms with Crippen molar-refractivity contribution in [3.63, 3.8) is 0 Å². The molecule has 3 nitrogen and oxygen atoms in total. The van der Waals surface area contributed by atoms with Gasteiger partial charge in [0.1, 0.15) is 17.4 Å². The minimum Gasteiger partial charge on any atom is -0.496 e. The van der Waals surface area contributed by atoms with Gasteiger partial charge in [0.15, 0.2) is 0 Å². The Morgan fingerprint density at radius 1 is 1.14 bits per heavy atom. The van der Waals surface area contributed by atoms with Crippen LogP contribution in [0.15, 0.2) is 24.3 Å². The van der Waals surface area contributed by atoms with E-state index in [2.05, 4.69) is 4.74 Å². The van der Waals surface area contributed by atoms with E-state index in [0.29, 0.717) is 35.1 Å². The molecule has 29 heavy (non-hydrogen) atoms. The average Bonchev–Trinajstić information content (AvgIpc) is 2.62. The van der Waals surface area contributed by atoms with Gasteiger partial charge in [-0.05, 0) is 55.7 Å². The molecule has 0 bridgehead atoms. The first-order chi connectivity index (χ1) is 13.5. The number of alkyl halides is 3. The molecular formula is C21H19F5O3. The summed E-state index contributed by atoms with van der Waals surface area (Å²) in [5.74, 6) is -3.63. The molecule has 156 valence electrons. The lowest BCUT2D eigenvalue weighted by Gasteiger charge is -2.18. The lowest BCUT2D eigenvalue weighted by molar-refractivity contribution is -0.140. The van der Waals surface area contributed by atoms with Crippen molar-refractivity contribution in [1.82, 2.24) is 0 Å². The van der Waals surface area contributed by atoms with Crippen molar-refractivity contribution in [3.05, 3.63) is 58.2 Å². The highest BCUT2D eigenvalue weighted by Gasteiger charge is 2.37. The van der Waals surface area contributed by atoms with Crippen molar-refractivity contribution >= 4 is 12.0 Å². The summed E-state index contributed by atoms with van der Waals surface area (Å²) in [6, 6.07) is 3.59. The van der Waals surface area contributed by atoms with E-state index >= 15 is 4.39 Å². The molecule has 0 unspecified atom stereocenters. The van der Waals surface area contributed by atoms with E-state index in [1.807, 2.05) is 0 Å². The predicted molar refractivity (Wildman–Crippen MR) is 98.5 cm³/mol. The number of carbonyl (C=O) groups excluding carboxylic acids is 1. The number of esters is 1. The van der Waals surface area contributed by atoms with E-state index in [1.54, 1.807) is 26.0 Å². The van der Waals surface area contributed by atoms with Crippen LogP contribution in [-0.4, -0.2) is 19.7 Å². The van der Waals surface area contributed by atoms with Crippen LogP contribution in [0.1, 0.15) is 29.2 Å². The Morgan fingerprint density at radius 3 is 2.34 bits per heavy atom. The third-order valence-corrected chi connectivity index (χ3v) is 4.33. The maximum absolute atomic E-state index is 15.2. The summed E-state index contributed by atoms with van der Waals surface area (Å²) in [6.07, 6.45) is -3.74. The molecule has 0 spiro atoms. The van der Waals surface area contributed by atoms with Crippen molar-refractivity contribution in [3.8, 4) is 16.9 Å². The Hall–Kier alpha value is -2.90. The molecule has 8 heteroatoms. The smallest absolute Gasteiger partial charge is 0.419 e. The monoisotopic (exact) mass is 414 g/mol. The van der Waals surface area contributed by atoms with E-state index in [-0.39, 0.29) is 12.2 Å². The second kappa shape index (κ2) is 8.63. The lowest BCUT2D eigenvalue weighted by atomic mass is 9.91. The molecule has 0 fully saturated rings. The molecule has 2 aromatic rings. The lowest BCUT2D eigenvalue weighted by Crippen LogP contribution is -2.12. The minimum atomic E-state index is -5.07. The summed E-state index contributed by atoms with van der Waals surface area (Å²) in [4.78, 5) is 11.5. The normalized spacial score (nSPS) is 11.8. The van der Waals surface area contributed by atoms with Crippen LogP contribution < -0.4 is 4.74 Å². The van der Waals surface area contributed by atoms with Gasteiger partial charge in [-0.3, -0.25) is 0 Å². The summed E-state index contributed by atoms with van der Waals surface area (Å²) >= 11 is 0. The molecule has 0 saturated carbocycles. The maximum atomic E-state index is 15.2. The van der Waals surface area contributed by atoms with Gasteiger partial charge in [-0.15, -0.1) is 0 Å². The van der Waals surface area contributed by atoms with Crippen LogP contribution in [0, 0.1) is 25.5 Å². The number of ether oxygens (including phenoxy) is 2. The largest absolute Gasteiger partial charge is 0.496 e. The number of methoxy groups -OCH3 is 1. The standard InChI is InChI=1S/C21H19F5O3/c1-5-29-17(27)9-7-13-19(22)14(10-15(20(13)23)21(24,25)26)18-11(2)6-8-16(28-4)12(18)3/h6-10H,5H2,1-4H3/b9-7-. The Kier molecular flexibility index (Phi) is 6.66. The highest BCUT2D eigenvalue weighted by Crippen LogP contribution is 2.41. The molecule has 0 saturated heterocycles. The summed E-state index contributed by atoms with van der Waals surface area (Å²) in [5, 5.41) is 0. The Morgan fingerprint density at radius 2 is 1.79 bits per heavy atom. The number of halogens is 5. The fourth-order valence-electron chi connectivity index (χ4n) is 3.00. The van der Waals surface area contributed by atoms with Gasteiger partial charge in [0, 0.05) is 17.2 Å². The van der Waals surface area contributed by atoms with Crippen LogP contribution in [0.2, 0.25) is 0 Å². The van der Waals surface area contributed by atoms with E-state index in [1.165, 1.54) is 14.0 Å². The number of hydrogen-bond acceptors (Lipinski definition) is 3. The molecule has 0 atom stereocenters. The van der Waals surface area contributed by atoms with Crippen LogP contribution in [-0.2, 0) is 15.7 Å². The molecule has 0 amide bonds. The van der Waals surface area contributed by atoms with E-state index in [9.17, 15) is 22.4 Å². The summed E-state index contributed by atoms with van der Waals surface area (Å²) < 4.78 is 79.7. The van der Waals surface area contributed by atoms with Crippen molar-refractivity contribution in [2.45, 2.75) is 26.9 Å².